The number of halogens is 1. The van der Waals surface area contributed by atoms with Gasteiger partial charge >= 0.3 is 0 Å². The van der Waals surface area contributed by atoms with Gasteiger partial charge in [-0.2, -0.15) is 0 Å². The summed E-state index contributed by atoms with van der Waals surface area (Å²) in [6.07, 6.45) is 0.631. The first-order chi connectivity index (χ1) is 10.3. The van der Waals surface area contributed by atoms with Crippen LogP contribution in [0.5, 0.6) is 17.2 Å². The van der Waals surface area contributed by atoms with Crippen LogP contribution in [0.1, 0.15) is 18.1 Å². The predicted molar refractivity (Wildman–Crippen MR) is 84.7 cm³/mol. The lowest BCUT2D eigenvalue weighted by Crippen LogP contribution is -2.08. The zero-order chi connectivity index (χ0) is 15.1. The number of methoxy groups -OCH3 is 2. The average Bonchev–Trinajstić information content (AvgIpc) is 2.55. The summed E-state index contributed by atoms with van der Waals surface area (Å²) in [4.78, 5) is 0. The van der Waals surface area contributed by atoms with E-state index in [-0.39, 0.29) is 6.10 Å². The molecule has 2 rings (SSSR count). The fraction of sp³-hybridized carbons (Fsp3) is 0.294. The lowest BCUT2D eigenvalue weighted by atomic mass is 10.1. The molecule has 1 atom stereocenters. The minimum atomic E-state index is -0.0967. The van der Waals surface area contributed by atoms with Gasteiger partial charge in [0.1, 0.15) is 23.4 Å². The van der Waals surface area contributed by atoms with E-state index in [0.717, 1.165) is 12.0 Å². The highest BCUT2D eigenvalue weighted by atomic mass is 35.5. The third kappa shape index (κ3) is 4.30. The molecular formula is C17H19ClO3. The Kier molecular flexibility index (Phi) is 5.76. The maximum absolute atomic E-state index is 6.08. The van der Waals surface area contributed by atoms with E-state index >= 15 is 0 Å². The zero-order valence-electron chi connectivity index (χ0n) is 12.2. The van der Waals surface area contributed by atoms with Crippen molar-refractivity contribution < 1.29 is 14.2 Å². The van der Waals surface area contributed by atoms with E-state index in [2.05, 4.69) is 0 Å². The maximum Gasteiger partial charge on any atom is 0.127 e. The molecule has 0 unspecified atom stereocenters. The summed E-state index contributed by atoms with van der Waals surface area (Å²) in [7, 11) is 3.23. The fourth-order valence-corrected chi connectivity index (χ4v) is 2.27. The van der Waals surface area contributed by atoms with Crippen LogP contribution in [-0.2, 0) is 0 Å². The molecule has 0 heterocycles. The molecule has 0 aliphatic carbocycles. The van der Waals surface area contributed by atoms with Crippen LogP contribution >= 0.6 is 11.6 Å². The van der Waals surface area contributed by atoms with Crippen LogP contribution in [0, 0.1) is 0 Å². The number of ether oxygens (including phenoxy) is 3. The van der Waals surface area contributed by atoms with Crippen molar-refractivity contribution in [3.05, 3.63) is 54.1 Å². The van der Waals surface area contributed by atoms with E-state index in [1.165, 1.54) is 0 Å². The van der Waals surface area contributed by atoms with Crippen molar-refractivity contribution in [3.8, 4) is 17.2 Å². The van der Waals surface area contributed by atoms with Crippen molar-refractivity contribution in [1.82, 2.24) is 0 Å². The second kappa shape index (κ2) is 7.79. The molecule has 0 spiro atoms. The molecule has 0 saturated carbocycles. The number of benzene rings is 2. The summed E-state index contributed by atoms with van der Waals surface area (Å²) >= 11 is 5.90. The van der Waals surface area contributed by atoms with Crippen LogP contribution in [0.25, 0.3) is 0 Å². The van der Waals surface area contributed by atoms with Crippen LogP contribution in [-0.4, -0.2) is 20.1 Å². The third-order valence-electron chi connectivity index (χ3n) is 3.15. The molecule has 2 aromatic carbocycles. The molecule has 0 N–H and O–H groups in total. The summed E-state index contributed by atoms with van der Waals surface area (Å²) in [5.41, 5.74) is 1.10. The Bertz CT molecular complexity index is 535. The van der Waals surface area contributed by atoms with Crippen LogP contribution in [0.4, 0.5) is 0 Å². The highest BCUT2D eigenvalue weighted by Crippen LogP contribution is 2.31. The molecule has 4 heteroatoms. The molecule has 21 heavy (non-hydrogen) atoms. The van der Waals surface area contributed by atoms with Gasteiger partial charge in [-0.15, -0.1) is 11.6 Å². The first kappa shape index (κ1) is 15.5. The van der Waals surface area contributed by atoms with E-state index in [4.69, 9.17) is 25.8 Å². The third-order valence-corrected chi connectivity index (χ3v) is 3.36. The fourth-order valence-electron chi connectivity index (χ4n) is 2.07. The molecular weight excluding hydrogens is 288 g/mol. The molecule has 0 radical (unpaired) electrons. The minimum absolute atomic E-state index is 0.0967. The Morgan fingerprint density at radius 3 is 2.00 bits per heavy atom. The summed E-state index contributed by atoms with van der Waals surface area (Å²) in [5, 5.41) is 0. The molecule has 0 aliphatic rings. The lowest BCUT2D eigenvalue weighted by molar-refractivity contribution is 0.200. The lowest BCUT2D eigenvalue weighted by Gasteiger charge is -2.19. The van der Waals surface area contributed by atoms with E-state index in [1.54, 1.807) is 14.2 Å². The highest BCUT2D eigenvalue weighted by molar-refractivity contribution is 6.17. The normalized spacial score (nSPS) is 11.8. The Morgan fingerprint density at radius 1 is 0.905 bits per heavy atom. The summed E-state index contributed by atoms with van der Waals surface area (Å²) < 4.78 is 16.6. The van der Waals surface area contributed by atoms with Crippen molar-refractivity contribution in [3.63, 3.8) is 0 Å². The Balaban J connectivity index is 2.24. The quantitative estimate of drug-likeness (QED) is 0.707. The van der Waals surface area contributed by atoms with Crippen molar-refractivity contribution >= 4 is 11.6 Å². The molecule has 0 bridgehead atoms. The summed E-state index contributed by atoms with van der Waals surface area (Å²) in [6.45, 7) is 0. The second-order valence-corrected chi connectivity index (χ2v) is 4.92. The predicted octanol–water partition coefficient (Wildman–Crippen LogP) is 4.45. The van der Waals surface area contributed by atoms with E-state index in [9.17, 15) is 0 Å². The largest absolute Gasteiger partial charge is 0.496 e. The van der Waals surface area contributed by atoms with Gasteiger partial charge in [0.2, 0.25) is 0 Å². The first-order valence-corrected chi connectivity index (χ1v) is 7.31. The van der Waals surface area contributed by atoms with Crippen LogP contribution < -0.4 is 14.2 Å². The van der Waals surface area contributed by atoms with Crippen LogP contribution in [0.15, 0.2) is 48.5 Å². The Hall–Kier alpha value is -1.87. The van der Waals surface area contributed by atoms with Crippen LogP contribution in [0.3, 0.4) is 0 Å². The van der Waals surface area contributed by atoms with Gasteiger partial charge in [0, 0.05) is 30.5 Å². The van der Waals surface area contributed by atoms with Crippen molar-refractivity contribution in [1.29, 1.82) is 0 Å². The Labute approximate surface area is 130 Å². The van der Waals surface area contributed by atoms with E-state index in [0.29, 0.717) is 23.1 Å². The zero-order valence-corrected chi connectivity index (χ0v) is 13.0. The van der Waals surface area contributed by atoms with Gasteiger partial charge in [-0.3, -0.25) is 0 Å². The number of alkyl halides is 1. The number of hydrogen-bond acceptors (Lipinski definition) is 3. The highest BCUT2D eigenvalue weighted by Gasteiger charge is 2.14. The van der Waals surface area contributed by atoms with Crippen LogP contribution in [0.2, 0.25) is 0 Å². The van der Waals surface area contributed by atoms with Gasteiger partial charge < -0.3 is 14.2 Å². The topological polar surface area (TPSA) is 27.7 Å². The number of hydrogen-bond donors (Lipinski definition) is 0. The second-order valence-electron chi connectivity index (χ2n) is 4.54. The average molecular weight is 307 g/mol. The smallest absolute Gasteiger partial charge is 0.127 e. The molecule has 2 aromatic rings. The van der Waals surface area contributed by atoms with Gasteiger partial charge in [-0.05, 0) is 5.56 Å². The van der Waals surface area contributed by atoms with E-state index in [1.807, 2.05) is 48.5 Å². The molecule has 0 aromatic heterocycles. The van der Waals surface area contributed by atoms with Gasteiger partial charge in [0.25, 0.3) is 0 Å². The number of rotatable bonds is 7. The van der Waals surface area contributed by atoms with Gasteiger partial charge in [-0.25, -0.2) is 0 Å². The molecule has 3 nitrogen and oxygen atoms in total. The SMILES string of the molecule is COc1cc(OC)cc(O[C@@H](CCCl)c2ccccc2)c1. The standard InChI is InChI=1S/C17H19ClO3/c1-19-14-10-15(20-2)12-16(11-14)21-17(8-9-18)13-6-4-3-5-7-13/h3-7,10-12,17H,8-9H2,1-2H3/t17-/m0/s1. The van der Waals surface area contributed by atoms with Crippen molar-refractivity contribution in [2.24, 2.45) is 0 Å². The monoisotopic (exact) mass is 306 g/mol. The van der Waals surface area contributed by atoms with Crippen molar-refractivity contribution in [2.75, 3.05) is 20.1 Å². The first-order valence-electron chi connectivity index (χ1n) is 6.77. The van der Waals surface area contributed by atoms with E-state index < -0.39 is 0 Å². The van der Waals surface area contributed by atoms with Gasteiger partial charge in [-0.1, -0.05) is 30.3 Å². The molecule has 112 valence electrons. The molecule has 0 fully saturated rings. The van der Waals surface area contributed by atoms with Crippen molar-refractivity contribution in [2.45, 2.75) is 12.5 Å². The summed E-state index contributed by atoms with van der Waals surface area (Å²) in [5.74, 6) is 2.62. The van der Waals surface area contributed by atoms with Gasteiger partial charge in [0.05, 0.1) is 14.2 Å². The molecule has 0 amide bonds. The Morgan fingerprint density at radius 2 is 1.48 bits per heavy atom. The summed E-state index contributed by atoms with van der Waals surface area (Å²) in [6, 6.07) is 15.5. The molecule has 0 saturated heterocycles. The minimum Gasteiger partial charge on any atom is -0.496 e. The van der Waals surface area contributed by atoms with Gasteiger partial charge in [0.15, 0.2) is 0 Å². The maximum atomic E-state index is 6.08. The molecule has 0 aliphatic heterocycles.